The maximum Gasteiger partial charge on any atom is 0.227 e. The summed E-state index contributed by atoms with van der Waals surface area (Å²) in [7, 11) is 0. The Balaban J connectivity index is 2.56. The third-order valence-corrected chi connectivity index (χ3v) is 2.78. The lowest BCUT2D eigenvalue weighted by Crippen LogP contribution is -2.46. The van der Waals surface area contributed by atoms with Gasteiger partial charge < -0.3 is 10.6 Å². The van der Waals surface area contributed by atoms with E-state index in [4.69, 9.17) is 5.73 Å². The van der Waals surface area contributed by atoms with Gasteiger partial charge in [-0.2, -0.15) is 0 Å². The van der Waals surface area contributed by atoms with Gasteiger partial charge in [0.25, 0.3) is 0 Å². The number of piperidine rings is 1. The van der Waals surface area contributed by atoms with Crippen LogP contribution in [0.15, 0.2) is 0 Å². The Morgan fingerprint density at radius 3 is 2.64 bits per heavy atom. The minimum Gasteiger partial charge on any atom is -0.342 e. The highest BCUT2D eigenvalue weighted by molar-refractivity contribution is 5.81. The molecule has 0 aromatic rings. The molecule has 0 bridgehead atoms. The molecule has 1 saturated heterocycles. The van der Waals surface area contributed by atoms with Crippen LogP contribution in [0.3, 0.4) is 0 Å². The highest BCUT2D eigenvalue weighted by Gasteiger charge is 2.30. The van der Waals surface area contributed by atoms with Crippen LogP contribution in [0.1, 0.15) is 33.6 Å². The molecule has 0 aliphatic carbocycles. The van der Waals surface area contributed by atoms with Crippen LogP contribution in [0.25, 0.3) is 0 Å². The first kappa shape index (κ1) is 11.5. The molecule has 0 radical (unpaired) electrons. The third-order valence-electron chi connectivity index (χ3n) is 2.78. The number of hydrogen-bond donors (Lipinski definition) is 1. The van der Waals surface area contributed by atoms with Crippen LogP contribution >= 0.6 is 0 Å². The summed E-state index contributed by atoms with van der Waals surface area (Å²) in [5.41, 5.74) is 5.38. The van der Waals surface area contributed by atoms with E-state index < -0.39 is 0 Å². The van der Waals surface area contributed by atoms with E-state index in [2.05, 4.69) is 0 Å². The molecular formula is C11H22N2O. The van der Waals surface area contributed by atoms with Gasteiger partial charge in [-0.1, -0.05) is 20.8 Å². The predicted octanol–water partition coefficient (Wildman–Crippen LogP) is 1.23. The molecule has 0 aromatic carbocycles. The molecule has 0 spiro atoms. The van der Waals surface area contributed by atoms with E-state index in [1.807, 2.05) is 25.7 Å². The predicted molar refractivity (Wildman–Crippen MR) is 57.8 cm³/mol. The average molecular weight is 198 g/mol. The van der Waals surface area contributed by atoms with E-state index >= 15 is 0 Å². The Labute approximate surface area is 86.6 Å². The van der Waals surface area contributed by atoms with Gasteiger partial charge in [0.05, 0.1) is 0 Å². The van der Waals surface area contributed by atoms with Crippen LogP contribution < -0.4 is 5.73 Å². The quantitative estimate of drug-likeness (QED) is 0.689. The number of rotatable bonds is 1. The molecule has 1 heterocycles. The number of likely N-dealkylation sites (tertiary alicyclic amines) is 1. The summed E-state index contributed by atoms with van der Waals surface area (Å²) in [5, 5.41) is 0. The molecule has 0 saturated carbocycles. The Kier molecular flexibility index (Phi) is 3.53. The van der Waals surface area contributed by atoms with E-state index in [0.29, 0.717) is 12.5 Å². The number of nitrogens with two attached hydrogens (primary N) is 1. The lowest BCUT2D eigenvalue weighted by molar-refractivity contribution is -0.141. The summed E-state index contributed by atoms with van der Waals surface area (Å²) < 4.78 is 0. The first-order valence-corrected chi connectivity index (χ1v) is 5.44. The molecule has 0 aromatic heterocycles. The zero-order chi connectivity index (χ0) is 10.8. The van der Waals surface area contributed by atoms with E-state index in [1.165, 1.54) is 6.42 Å². The van der Waals surface area contributed by atoms with Crippen molar-refractivity contribution in [3.05, 3.63) is 0 Å². The first-order chi connectivity index (χ1) is 6.45. The summed E-state index contributed by atoms with van der Waals surface area (Å²) in [6, 6.07) is 0. The third kappa shape index (κ3) is 2.71. The fourth-order valence-electron chi connectivity index (χ4n) is 1.92. The molecule has 1 amide bonds. The lowest BCUT2D eigenvalue weighted by Gasteiger charge is -2.36. The molecular weight excluding hydrogens is 176 g/mol. The molecule has 2 N–H and O–H groups in total. The monoisotopic (exact) mass is 198 g/mol. The largest absolute Gasteiger partial charge is 0.342 e. The van der Waals surface area contributed by atoms with Crippen molar-refractivity contribution in [2.45, 2.75) is 33.6 Å². The minimum atomic E-state index is -0.253. The van der Waals surface area contributed by atoms with Gasteiger partial charge in [0, 0.05) is 18.5 Å². The SMILES string of the molecule is CC(C)(C)C(=O)N1CCC[C@H](CN)C1. The van der Waals surface area contributed by atoms with Crippen LogP contribution in [0.2, 0.25) is 0 Å². The van der Waals surface area contributed by atoms with Crippen molar-refractivity contribution < 1.29 is 4.79 Å². The van der Waals surface area contributed by atoms with Gasteiger partial charge in [0.1, 0.15) is 0 Å². The lowest BCUT2D eigenvalue weighted by atomic mass is 9.91. The van der Waals surface area contributed by atoms with E-state index in [-0.39, 0.29) is 11.3 Å². The van der Waals surface area contributed by atoms with Crippen molar-refractivity contribution in [1.29, 1.82) is 0 Å². The normalized spacial score (nSPS) is 23.7. The van der Waals surface area contributed by atoms with Gasteiger partial charge in [-0.25, -0.2) is 0 Å². The molecule has 3 nitrogen and oxygen atoms in total. The van der Waals surface area contributed by atoms with E-state index in [0.717, 1.165) is 19.5 Å². The molecule has 3 heteroatoms. The fraction of sp³-hybridized carbons (Fsp3) is 0.909. The Bertz CT molecular complexity index is 208. The van der Waals surface area contributed by atoms with Gasteiger partial charge >= 0.3 is 0 Å². The summed E-state index contributed by atoms with van der Waals surface area (Å²) in [5.74, 6) is 0.769. The minimum absolute atomic E-state index is 0.253. The van der Waals surface area contributed by atoms with Gasteiger partial charge in [0.2, 0.25) is 5.91 Å². The van der Waals surface area contributed by atoms with Crippen LogP contribution in [-0.2, 0) is 4.79 Å². The number of nitrogens with zero attached hydrogens (tertiary/aromatic N) is 1. The molecule has 1 rings (SSSR count). The van der Waals surface area contributed by atoms with Gasteiger partial charge in [0.15, 0.2) is 0 Å². The van der Waals surface area contributed by atoms with Crippen LogP contribution in [0.5, 0.6) is 0 Å². The highest BCUT2D eigenvalue weighted by atomic mass is 16.2. The van der Waals surface area contributed by atoms with Crippen LogP contribution in [0.4, 0.5) is 0 Å². The number of carbonyl (C=O) groups excluding carboxylic acids is 1. The van der Waals surface area contributed by atoms with Gasteiger partial charge in [-0.05, 0) is 25.3 Å². The Morgan fingerprint density at radius 1 is 1.50 bits per heavy atom. The maximum absolute atomic E-state index is 12.0. The summed E-state index contributed by atoms with van der Waals surface area (Å²) in [4.78, 5) is 13.9. The Hall–Kier alpha value is -0.570. The second-order valence-corrected chi connectivity index (χ2v) is 5.25. The summed E-state index contributed by atoms with van der Waals surface area (Å²) in [6.07, 6.45) is 2.27. The standard InChI is InChI=1S/C11H22N2O/c1-11(2,3)10(14)13-6-4-5-9(7-12)8-13/h9H,4-8,12H2,1-3H3/t9-/m1/s1. The molecule has 1 atom stereocenters. The molecule has 82 valence electrons. The van der Waals surface area contributed by atoms with Crippen molar-refractivity contribution in [3.8, 4) is 0 Å². The van der Waals surface area contributed by atoms with Gasteiger partial charge in [-0.3, -0.25) is 4.79 Å². The average Bonchev–Trinajstić information content (AvgIpc) is 2.15. The topological polar surface area (TPSA) is 46.3 Å². The van der Waals surface area contributed by atoms with Crippen molar-refractivity contribution in [1.82, 2.24) is 4.90 Å². The van der Waals surface area contributed by atoms with Crippen LogP contribution in [0, 0.1) is 11.3 Å². The fourth-order valence-corrected chi connectivity index (χ4v) is 1.92. The highest BCUT2D eigenvalue weighted by Crippen LogP contribution is 2.22. The molecule has 1 aliphatic rings. The molecule has 1 fully saturated rings. The summed E-state index contributed by atoms with van der Waals surface area (Å²) in [6.45, 7) is 8.39. The van der Waals surface area contributed by atoms with Crippen molar-refractivity contribution >= 4 is 5.91 Å². The van der Waals surface area contributed by atoms with E-state index in [9.17, 15) is 4.79 Å². The van der Waals surface area contributed by atoms with Crippen molar-refractivity contribution in [3.63, 3.8) is 0 Å². The number of amides is 1. The maximum atomic E-state index is 12.0. The van der Waals surface area contributed by atoms with Crippen LogP contribution in [-0.4, -0.2) is 30.4 Å². The van der Waals surface area contributed by atoms with E-state index in [1.54, 1.807) is 0 Å². The van der Waals surface area contributed by atoms with Gasteiger partial charge in [-0.15, -0.1) is 0 Å². The number of carbonyl (C=O) groups is 1. The first-order valence-electron chi connectivity index (χ1n) is 5.44. The Morgan fingerprint density at radius 2 is 2.14 bits per heavy atom. The smallest absolute Gasteiger partial charge is 0.227 e. The molecule has 14 heavy (non-hydrogen) atoms. The zero-order valence-corrected chi connectivity index (χ0v) is 9.55. The summed E-state index contributed by atoms with van der Waals surface area (Å²) >= 11 is 0. The second kappa shape index (κ2) is 4.30. The molecule has 0 unspecified atom stereocenters. The number of hydrogen-bond acceptors (Lipinski definition) is 2. The van der Waals surface area contributed by atoms with Crippen molar-refractivity contribution in [2.75, 3.05) is 19.6 Å². The molecule has 1 aliphatic heterocycles. The van der Waals surface area contributed by atoms with Crippen molar-refractivity contribution in [2.24, 2.45) is 17.1 Å². The second-order valence-electron chi connectivity index (χ2n) is 5.25. The zero-order valence-electron chi connectivity index (χ0n) is 9.55.